The molecule has 1 unspecified atom stereocenters. The molecule has 8 nitrogen and oxygen atoms in total. The van der Waals surface area contributed by atoms with E-state index in [1.165, 1.54) is 0 Å². The molecule has 0 aliphatic heterocycles. The van der Waals surface area contributed by atoms with E-state index in [1.807, 2.05) is 4.68 Å². The van der Waals surface area contributed by atoms with Crippen molar-refractivity contribution in [2.45, 2.75) is 32.9 Å². The fraction of sp³-hybridized carbons (Fsp3) is 0.583. The maximum Gasteiger partial charge on any atom is 0.138 e. The molecule has 2 heterocycles. The van der Waals surface area contributed by atoms with Crippen LogP contribution in [0.25, 0.3) is 0 Å². The first kappa shape index (κ1) is 14.5. The number of nitrogen functional groups attached to an aromatic ring is 1. The Balaban J connectivity index is 2.19. The molecule has 0 aliphatic carbocycles. The zero-order valence-electron chi connectivity index (χ0n) is 12.1. The Hall–Kier alpha value is -1.93. The maximum atomic E-state index is 5.99. The van der Waals surface area contributed by atoms with Gasteiger partial charge < -0.3 is 5.73 Å². The number of aryl methyl sites for hydroxylation is 1. The summed E-state index contributed by atoms with van der Waals surface area (Å²) in [6, 6.07) is -0.140. The van der Waals surface area contributed by atoms with Crippen LogP contribution in [0.2, 0.25) is 0 Å². The minimum absolute atomic E-state index is 0.140. The molecule has 0 aromatic carbocycles. The summed E-state index contributed by atoms with van der Waals surface area (Å²) in [5.74, 6) is 7.63. The Kier molecular flexibility index (Phi) is 4.35. The highest BCUT2D eigenvalue weighted by Crippen LogP contribution is 2.22. The van der Waals surface area contributed by atoms with Crippen LogP contribution < -0.4 is 17.0 Å². The van der Waals surface area contributed by atoms with Gasteiger partial charge in [-0.2, -0.15) is 10.2 Å². The molecule has 1 atom stereocenters. The smallest absolute Gasteiger partial charge is 0.138 e. The zero-order valence-corrected chi connectivity index (χ0v) is 12.1. The summed E-state index contributed by atoms with van der Waals surface area (Å²) in [5, 5.41) is 8.39. The average molecular weight is 278 g/mol. The van der Waals surface area contributed by atoms with Gasteiger partial charge in [-0.15, -0.1) is 0 Å². The number of nitrogens with two attached hydrogens (primary N) is 2. The molecular formula is C12H22N8. The third kappa shape index (κ3) is 2.97. The first-order valence-corrected chi connectivity index (χ1v) is 6.63. The van der Waals surface area contributed by atoms with Crippen molar-refractivity contribution >= 4 is 5.82 Å². The number of hydrazine groups is 1. The molecule has 8 heteroatoms. The molecular weight excluding hydrogens is 256 g/mol. The molecule has 20 heavy (non-hydrogen) atoms. The lowest BCUT2D eigenvalue weighted by Gasteiger charge is -2.16. The van der Waals surface area contributed by atoms with Gasteiger partial charge in [0.1, 0.15) is 18.0 Å². The van der Waals surface area contributed by atoms with Gasteiger partial charge in [-0.3, -0.25) is 16.0 Å². The standard InChI is InChI=1S/C12H22N8/c1-8(2)6-20-11(15-7-17-20)4-10(18-14)9-5-16-19(3)12(9)13/h5,7-8,10,18H,4,6,13-14H2,1-3H3. The molecule has 2 aromatic heterocycles. The molecule has 2 rings (SSSR count). The van der Waals surface area contributed by atoms with E-state index in [9.17, 15) is 0 Å². The van der Waals surface area contributed by atoms with Crippen LogP contribution in [0.4, 0.5) is 5.82 Å². The topological polar surface area (TPSA) is 113 Å². The lowest BCUT2D eigenvalue weighted by molar-refractivity contribution is 0.447. The summed E-state index contributed by atoms with van der Waals surface area (Å²) in [7, 11) is 1.80. The molecule has 0 aliphatic rings. The fourth-order valence-corrected chi connectivity index (χ4v) is 2.12. The van der Waals surface area contributed by atoms with Crippen LogP contribution in [0.1, 0.15) is 31.3 Å². The molecule has 5 N–H and O–H groups in total. The molecule has 0 fully saturated rings. The molecule has 0 amide bonds. The number of rotatable bonds is 6. The molecule has 0 saturated heterocycles. The fourth-order valence-electron chi connectivity index (χ4n) is 2.12. The summed E-state index contributed by atoms with van der Waals surface area (Å²) in [6.07, 6.45) is 3.90. The van der Waals surface area contributed by atoms with Gasteiger partial charge in [-0.1, -0.05) is 13.8 Å². The van der Waals surface area contributed by atoms with Gasteiger partial charge in [0.2, 0.25) is 0 Å². The molecule has 0 spiro atoms. The quantitative estimate of drug-likeness (QED) is 0.506. The van der Waals surface area contributed by atoms with Crippen molar-refractivity contribution < 1.29 is 0 Å². The van der Waals surface area contributed by atoms with Crippen LogP contribution in [-0.4, -0.2) is 24.5 Å². The highest BCUT2D eigenvalue weighted by atomic mass is 15.3. The van der Waals surface area contributed by atoms with Gasteiger partial charge >= 0.3 is 0 Å². The van der Waals surface area contributed by atoms with Crippen molar-refractivity contribution in [3.05, 3.63) is 23.9 Å². The normalized spacial score (nSPS) is 13.1. The second-order valence-electron chi connectivity index (χ2n) is 5.28. The first-order chi connectivity index (χ1) is 9.52. The largest absolute Gasteiger partial charge is 0.384 e. The molecule has 0 radical (unpaired) electrons. The minimum Gasteiger partial charge on any atom is -0.384 e. The Bertz CT molecular complexity index is 556. The number of nitrogens with zero attached hydrogens (tertiary/aromatic N) is 5. The highest BCUT2D eigenvalue weighted by molar-refractivity contribution is 5.41. The zero-order chi connectivity index (χ0) is 14.7. The first-order valence-electron chi connectivity index (χ1n) is 6.63. The van der Waals surface area contributed by atoms with Crippen molar-refractivity contribution in [2.75, 3.05) is 5.73 Å². The third-order valence-corrected chi connectivity index (χ3v) is 3.21. The van der Waals surface area contributed by atoms with Crippen LogP contribution in [0.15, 0.2) is 12.5 Å². The SMILES string of the molecule is CC(C)Cn1ncnc1CC(NN)c1cnn(C)c1N. The summed E-state index contributed by atoms with van der Waals surface area (Å²) in [4.78, 5) is 4.31. The number of anilines is 1. The van der Waals surface area contributed by atoms with E-state index in [0.29, 0.717) is 18.2 Å². The lowest BCUT2D eigenvalue weighted by Crippen LogP contribution is -2.31. The van der Waals surface area contributed by atoms with E-state index in [-0.39, 0.29) is 6.04 Å². The summed E-state index contributed by atoms with van der Waals surface area (Å²) < 4.78 is 3.53. The molecule has 0 saturated carbocycles. The van der Waals surface area contributed by atoms with E-state index >= 15 is 0 Å². The Labute approximate surface area is 118 Å². The molecule has 2 aromatic rings. The minimum atomic E-state index is -0.140. The second kappa shape index (κ2) is 6.02. The Morgan fingerprint density at radius 2 is 2.10 bits per heavy atom. The monoisotopic (exact) mass is 278 g/mol. The van der Waals surface area contributed by atoms with E-state index in [2.05, 4.69) is 34.5 Å². The third-order valence-electron chi connectivity index (χ3n) is 3.21. The second-order valence-corrected chi connectivity index (χ2v) is 5.28. The van der Waals surface area contributed by atoms with Gasteiger partial charge in [0.25, 0.3) is 0 Å². The van der Waals surface area contributed by atoms with Gasteiger partial charge in [0.15, 0.2) is 0 Å². The molecule has 110 valence electrons. The van der Waals surface area contributed by atoms with E-state index < -0.39 is 0 Å². The van der Waals surface area contributed by atoms with Crippen molar-refractivity contribution in [1.29, 1.82) is 0 Å². The van der Waals surface area contributed by atoms with E-state index in [4.69, 9.17) is 11.6 Å². The van der Waals surface area contributed by atoms with Crippen LogP contribution >= 0.6 is 0 Å². The Morgan fingerprint density at radius 3 is 2.65 bits per heavy atom. The Morgan fingerprint density at radius 1 is 1.35 bits per heavy atom. The summed E-state index contributed by atoms with van der Waals surface area (Å²) >= 11 is 0. The van der Waals surface area contributed by atoms with Gasteiger partial charge in [-0.05, 0) is 5.92 Å². The maximum absolute atomic E-state index is 5.99. The molecule has 0 bridgehead atoms. The van der Waals surface area contributed by atoms with E-state index in [0.717, 1.165) is 17.9 Å². The van der Waals surface area contributed by atoms with Crippen molar-refractivity contribution in [3.8, 4) is 0 Å². The van der Waals surface area contributed by atoms with Crippen LogP contribution in [-0.2, 0) is 20.0 Å². The number of hydrogen-bond acceptors (Lipinski definition) is 6. The van der Waals surface area contributed by atoms with Gasteiger partial charge in [-0.25, -0.2) is 9.67 Å². The van der Waals surface area contributed by atoms with Crippen LogP contribution in [0, 0.1) is 5.92 Å². The van der Waals surface area contributed by atoms with E-state index in [1.54, 1.807) is 24.3 Å². The van der Waals surface area contributed by atoms with Gasteiger partial charge in [0.05, 0.1) is 12.2 Å². The van der Waals surface area contributed by atoms with Gasteiger partial charge in [0, 0.05) is 25.6 Å². The lowest BCUT2D eigenvalue weighted by atomic mass is 10.1. The van der Waals surface area contributed by atoms with Crippen molar-refractivity contribution in [3.63, 3.8) is 0 Å². The van der Waals surface area contributed by atoms with Crippen molar-refractivity contribution in [1.82, 2.24) is 30.0 Å². The predicted molar refractivity (Wildman–Crippen MR) is 76.2 cm³/mol. The number of hydrogen-bond donors (Lipinski definition) is 3. The summed E-state index contributed by atoms with van der Waals surface area (Å²) in [5.41, 5.74) is 9.64. The van der Waals surface area contributed by atoms with Crippen LogP contribution in [0.5, 0.6) is 0 Å². The average Bonchev–Trinajstić information content (AvgIpc) is 2.95. The number of aromatic nitrogens is 5. The van der Waals surface area contributed by atoms with Crippen LogP contribution in [0.3, 0.4) is 0 Å². The predicted octanol–water partition coefficient (Wildman–Crippen LogP) is -0.00310. The summed E-state index contributed by atoms with van der Waals surface area (Å²) in [6.45, 7) is 5.11. The number of nitrogens with one attached hydrogen (secondary N) is 1. The highest BCUT2D eigenvalue weighted by Gasteiger charge is 2.19. The van der Waals surface area contributed by atoms with Crippen molar-refractivity contribution in [2.24, 2.45) is 18.8 Å².